The molecule has 2 heterocycles. The fourth-order valence-corrected chi connectivity index (χ4v) is 4.00. The molecule has 2 aromatic rings. The van der Waals surface area contributed by atoms with E-state index in [9.17, 15) is 14.4 Å². The highest BCUT2D eigenvalue weighted by molar-refractivity contribution is 5.98. The summed E-state index contributed by atoms with van der Waals surface area (Å²) in [6, 6.07) is 8.01. The van der Waals surface area contributed by atoms with E-state index in [4.69, 9.17) is 9.47 Å². The average Bonchev–Trinajstić information content (AvgIpc) is 2.82. The van der Waals surface area contributed by atoms with Gasteiger partial charge in [-0.15, -0.1) is 0 Å². The number of likely N-dealkylation sites (N-methyl/N-ethyl adjacent to an activating group) is 1. The molecule has 9 heteroatoms. The number of pyridine rings is 1. The molecule has 1 aliphatic heterocycles. The maximum Gasteiger partial charge on any atom is 0.257 e. The second kappa shape index (κ2) is 11.1. The van der Waals surface area contributed by atoms with E-state index in [0.717, 1.165) is 0 Å². The minimum atomic E-state index is -0.301. The molecular formula is C25H32N4O5. The normalized spacial score (nSPS) is 21.6. The first-order valence-electron chi connectivity index (χ1n) is 11.2. The van der Waals surface area contributed by atoms with Gasteiger partial charge in [-0.05, 0) is 31.2 Å². The van der Waals surface area contributed by atoms with E-state index < -0.39 is 0 Å². The summed E-state index contributed by atoms with van der Waals surface area (Å²) in [7, 11) is 3.32. The maximum atomic E-state index is 13.4. The highest BCUT2D eigenvalue weighted by atomic mass is 16.5. The molecule has 0 saturated carbocycles. The van der Waals surface area contributed by atoms with Crippen LogP contribution in [0.5, 0.6) is 5.75 Å². The first-order chi connectivity index (χ1) is 16.2. The van der Waals surface area contributed by atoms with Crippen molar-refractivity contribution in [3.05, 3.63) is 53.9 Å². The SMILES string of the molecule is CO[C@@H]1CN(C)C(=O)c2ccc(NC(C)=O)cc2OC[C@@H](C)N(C(=O)c2ccncc2)C[C@H]1C. The van der Waals surface area contributed by atoms with Gasteiger partial charge in [0.15, 0.2) is 0 Å². The van der Waals surface area contributed by atoms with Crippen LogP contribution in [0.3, 0.4) is 0 Å². The van der Waals surface area contributed by atoms with E-state index in [2.05, 4.69) is 10.3 Å². The van der Waals surface area contributed by atoms with Crippen molar-refractivity contribution in [2.24, 2.45) is 5.92 Å². The summed E-state index contributed by atoms with van der Waals surface area (Å²) in [5.41, 5.74) is 1.43. The van der Waals surface area contributed by atoms with Gasteiger partial charge in [-0.3, -0.25) is 19.4 Å². The van der Waals surface area contributed by atoms with Crippen molar-refractivity contribution in [1.82, 2.24) is 14.8 Å². The predicted octanol–water partition coefficient (Wildman–Crippen LogP) is 2.69. The third kappa shape index (κ3) is 5.91. The molecule has 0 spiro atoms. The Balaban J connectivity index is 2.00. The molecule has 1 N–H and O–H groups in total. The number of aromatic nitrogens is 1. The summed E-state index contributed by atoms with van der Waals surface area (Å²) in [6.07, 6.45) is 2.90. The fraction of sp³-hybridized carbons (Fsp3) is 0.440. The molecule has 0 unspecified atom stereocenters. The lowest BCUT2D eigenvalue weighted by Gasteiger charge is -2.36. The minimum absolute atomic E-state index is 0.0467. The number of nitrogens with one attached hydrogen (secondary N) is 1. The van der Waals surface area contributed by atoms with Gasteiger partial charge in [-0.1, -0.05) is 6.92 Å². The van der Waals surface area contributed by atoms with Crippen LogP contribution in [0.2, 0.25) is 0 Å². The Morgan fingerprint density at radius 3 is 2.50 bits per heavy atom. The Morgan fingerprint density at radius 2 is 1.85 bits per heavy atom. The van der Waals surface area contributed by atoms with Crippen LogP contribution in [0.1, 0.15) is 41.5 Å². The van der Waals surface area contributed by atoms with Crippen molar-refractivity contribution in [2.75, 3.05) is 39.2 Å². The van der Waals surface area contributed by atoms with Gasteiger partial charge < -0.3 is 24.6 Å². The minimum Gasteiger partial charge on any atom is -0.491 e. The summed E-state index contributed by atoms with van der Waals surface area (Å²) in [6.45, 7) is 6.25. The van der Waals surface area contributed by atoms with E-state index in [1.165, 1.54) is 6.92 Å². The van der Waals surface area contributed by atoms with Gasteiger partial charge in [-0.25, -0.2) is 0 Å². The Labute approximate surface area is 200 Å². The number of fused-ring (bicyclic) bond motifs is 1. The maximum absolute atomic E-state index is 13.4. The topological polar surface area (TPSA) is 101 Å². The lowest BCUT2D eigenvalue weighted by molar-refractivity contribution is -0.114. The second-order valence-corrected chi connectivity index (χ2v) is 8.68. The first-order valence-corrected chi connectivity index (χ1v) is 11.2. The molecule has 0 saturated heterocycles. The Kier molecular flexibility index (Phi) is 8.22. The number of hydrogen-bond donors (Lipinski definition) is 1. The van der Waals surface area contributed by atoms with Crippen molar-refractivity contribution >= 4 is 23.4 Å². The fourth-order valence-electron chi connectivity index (χ4n) is 4.00. The van der Waals surface area contributed by atoms with E-state index in [1.54, 1.807) is 66.7 Å². The van der Waals surface area contributed by atoms with Crippen molar-refractivity contribution < 1.29 is 23.9 Å². The van der Waals surface area contributed by atoms with Gasteiger partial charge in [0.25, 0.3) is 11.8 Å². The Hall–Kier alpha value is -3.46. The van der Waals surface area contributed by atoms with Crippen molar-refractivity contribution in [2.45, 2.75) is 32.9 Å². The summed E-state index contributed by atoms with van der Waals surface area (Å²) in [5, 5.41) is 2.71. The van der Waals surface area contributed by atoms with Crippen LogP contribution >= 0.6 is 0 Å². The number of carbonyl (C=O) groups excluding carboxylic acids is 3. The van der Waals surface area contributed by atoms with E-state index in [0.29, 0.717) is 35.7 Å². The average molecular weight is 469 g/mol. The second-order valence-electron chi connectivity index (χ2n) is 8.68. The molecule has 3 amide bonds. The van der Waals surface area contributed by atoms with Crippen LogP contribution < -0.4 is 10.1 Å². The standard InChI is InChI=1S/C25H32N4O5/c1-16-13-29(24(31)19-8-10-26-11-9-19)17(2)15-34-22-12-20(27-18(3)30)6-7-21(22)25(32)28(4)14-23(16)33-5/h6-12,16-17,23H,13-15H2,1-5H3,(H,27,30)/t16-,17-,23-/m1/s1. The summed E-state index contributed by atoms with van der Waals surface area (Å²) >= 11 is 0. The number of amides is 3. The zero-order chi connectivity index (χ0) is 24.8. The zero-order valence-electron chi connectivity index (χ0n) is 20.3. The van der Waals surface area contributed by atoms with Crippen molar-refractivity contribution in [3.8, 4) is 5.75 Å². The van der Waals surface area contributed by atoms with Crippen LogP contribution in [0.4, 0.5) is 5.69 Å². The molecule has 0 fully saturated rings. The number of hydrogen-bond acceptors (Lipinski definition) is 6. The van der Waals surface area contributed by atoms with Crippen LogP contribution in [0.15, 0.2) is 42.7 Å². The first kappa shape index (κ1) is 25.2. The molecule has 0 aliphatic carbocycles. The molecular weight excluding hydrogens is 436 g/mol. The third-order valence-electron chi connectivity index (χ3n) is 5.96. The number of nitrogens with zero attached hydrogens (tertiary/aromatic N) is 3. The van der Waals surface area contributed by atoms with Gasteiger partial charge in [0, 0.05) is 69.8 Å². The summed E-state index contributed by atoms with van der Waals surface area (Å²) in [5.74, 6) is -0.273. The van der Waals surface area contributed by atoms with Gasteiger partial charge >= 0.3 is 0 Å². The number of carbonyl (C=O) groups is 3. The van der Waals surface area contributed by atoms with Gasteiger partial charge in [0.1, 0.15) is 12.4 Å². The highest BCUT2D eigenvalue weighted by Gasteiger charge is 2.30. The molecule has 3 atom stereocenters. The number of rotatable bonds is 3. The lowest BCUT2D eigenvalue weighted by Crippen LogP contribution is -2.48. The monoisotopic (exact) mass is 468 g/mol. The molecule has 9 nitrogen and oxygen atoms in total. The van der Waals surface area contributed by atoms with Crippen LogP contribution in [-0.4, -0.2) is 78.5 Å². The van der Waals surface area contributed by atoms with Crippen molar-refractivity contribution in [3.63, 3.8) is 0 Å². The van der Waals surface area contributed by atoms with Crippen LogP contribution in [0, 0.1) is 5.92 Å². The largest absolute Gasteiger partial charge is 0.491 e. The quantitative estimate of drug-likeness (QED) is 0.743. The number of anilines is 1. The molecule has 1 aliphatic rings. The molecule has 1 aromatic heterocycles. The molecule has 0 bridgehead atoms. The highest BCUT2D eigenvalue weighted by Crippen LogP contribution is 2.27. The number of ether oxygens (including phenoxy) is 2. The Bertz CT molecular complexity index is 1030. The lowest BCUT2D eigenvalue weighted by atomic mass is 10.0. The summed E-state index contributed by atoms with van der Waals surface area (Å²) < 4.78 is 11.8. The number of methoxy groups -OCH3 is 1. The number of benzene rings is 1. The molecule has 182 valence electrons. The van der Waals surface area contributed by atoms with Gasteiger partial charge in [0.2, 0.25) is 5.91 Å². The van der Waals surface area contributed by atoms with Crippen LogP contribution in [0.25, 0.3) is 0 Å². The third-order valence-corrected chi connectivity index (χ3v) is 5.96. The molecule has 34 heavy (non-hydrogen) atoms. The van der Waals surface area contributed by atoms with E-state index >= 15 is 0 Å². The van der Waals surface area contributed by atoms with E-state index in [1.807, 2.05) is 13.8 Å². The van der Waals surface area contributed by atoms with Gasteiger partial charge in [-0.2, -0.15) is 0 Å². The van der Waals surface area contributed by atoms with Crippen LogP contribution in [-0.2, 0) is 9.53 Å². The van der Waals surface area contributed by atoms with Gasteiger partial charge in [0.05, 0.1) is 17.7 Å². The molecule has 0 radical (unpaired) electrons. The zero-order valence-corrected chi connectivity index (χ0v) is 20.3. The molecule has 3 rings (SSSR count). The predicted molar refractivity (Wildman–Crippen MR) is 128 cm³/mol. The Morgan fingerprint density at radius 1 is 1.15 bits per heavy atom. The molecule has 1 aromatic carbocycles. The summed E-state index contributed by atoms with van der Waals surface area (Å²) in [4.78, 5) is 45.5. The smallest absolute Gasteiger partial charge is 0.257 e. The van der Waals surface area contributed by atoms with Crippen molar-refractivity contribution in [1.29, 1.82) is 0 Å². The van der Waals surface area contributed by atoms with E-state index in [-0.39, 0.29) is 42.4 Å².